The molecule has 0 spiro atoms. The predicted octanol–water partition coefficient (Wildman–Crippen LogP) is 2.50. The Balaban J connectivity index is 1.94. The largest absolute Gasteiger partial charge is 0.368 e. The third kappa shape index (κ3) is 3.82. The number of aryl methyl sites for hydroxylation is 1. The normalized spacial score (nSPS) is 19.2. The Bertz CT molecular complexity index is 421. The number of rotatable bonds is 7. The van der Waals surface area contributed by atoms with Gasteiger partial charge in [-0.15, -0.1) is 0 Å². The van der Waals surface area contributed by atoms with Crippen LogP contribution < -0.4 is 10.6 Å². The van der Waals surface area contributed by atoms with Gasteiger partial charge in [0.15, 0.2) is 0 Å². The second kappa shape index (κ2) is 7.43. The van der Waals surface area contributed by atoms with Crippen LogP contribution in [0, 0.1) is 6.92 Å². The zero-order valence-electron chi connectivity index (χ0n) is 12.9. The molecule has 5 nitrogen and oxygen atoms in total. The number of nitrogens with one attached hydrogen (secondary N) is 2. The predicted molar refractivity (Wildman–Crippen MR) is 84.3 cm³/mol. The van der Waals surface area contributed by atoms with Crippen molar-refractivity contribution in [2.75, 3.05) is 36.8 Å². The van der Waals surface area contributed by atoms with Gasteiger partial charge in [0.25, 0.3) is 0 Å². The molecule has 0 bridgehead atoms. The van der Waals surface area contributed by atoms with Crippen molar-refractivity contribution in [1.82, 2.24) is 14.9 Å². The third-order valence-electron chi connectivity index (χ3n) is 3.92. The lowest BCUT2D eigenvalue weighted by Crippen LogP contribution is -2.34. The number of hydrogen-bond donors (Lipinski definition) is 2. The topological polar surface area (TPSA) is 53.1 Å². The molecule has 2 rings (SSSR count). The summed E-state index contributed by atoms with van der Waals surface area (Å²) < 4.78 is 0. The molecule has 2 heterocycles. The van der Waals surface area contributed by atoms with E-state index in [9.17, 15) is 0 Å². The van der Waals surface area contributed by atoms with Gasteiger partial charge in [-0.2, -0.15) is 4.98 Å². The molecule has 5 heteroatoms. The number of nitrogens with zero attached hydrogens (tertiary/aromatic N) is 3. The summed E-state index contributed by atoms with van der Waals surface area (Å²) in [6.45, 7) is 10.7. The maximum absolute atomic E-state index is 4.57. The van der Waals surface area contributed by atoms with Gasteiger partial charge >= 0.3 is 0 Å². The maximum Gasteiger partial charge on any atom is 0.224 e. The fraction of sp³-hybridized carbons (Fsp3) is 0.733. The molecule has 2 N–H and O–H groups in total. The van der Waals surface area contributed by atoms with E-state index in [1.807, 2.05) is 6.20 Å². The lowest BCUT2D eigenvalue weighted by Gasteiger charge is -2.23. The first kappa shape index (κ1) is 15.0. The Kier molecular flexibility index (Phi) is 5.59. The molecule has 1 saturated heterocycles. The molecule has 0 saturated carbocycles. The van der Waals surface area contributed by atoms with E-state index in [0.717, 1.165) is 43.4 Å². The Labute approximate surface area is 122 Å². The van der Waals surface area contributed by atoms with E-state index < -0.39 is 0 Å². The van der Waals surface area contributed by atoms with Gasteiger partial charge in [0.1, 0.15) is 5.82 Å². The molecule has 1 fully saturated rings. The average Bonchev–Trinajstić information content (AvgIpc) is 2.92. The first-order valence-corrected chi connectivity index (χ1v) is 7.80. The van der Waals surface area contributed by atoms with Crippen molar-refractivity contribution >= 4 is 11.8 Å². The fourth-order valence-electron chi connectivity index (χ4n) is 2.70. The molecule has 1 aliphatic heterocycles. The van der Waals surface area contributed by atoms with Gasteiger partial charge in [0.05, 0.1) is 0 Å². The Hall–Kier alpha value is -1.36. The molecule has 1 aromatic rings. The number of likely N-dealkylation sites (N-methyl/N-ethyl adjacent to an activating group) is 1. The highest BCUT2D eigenvalue weighted by atomic mass is 15.2. The summed E-state index contributed by atoms with van der Waals surface area (Å²) in [5.74, 6) is 1.68. The van der Waals surface area contributed by atoms with Gasteiger partial charge < -0.3 is 10.6 Å². The zero-order valence-corrected chi connectivity index (χ0v) is 12.9. The van der Waals surface area contributed by atoms with E-state index in [1.54, 1.807) is 0 Å². The number of anilines is 2. The molecule has 1 aromatic heterocycles. The quantitative estimate of drug-likeness (QED) is 0.802. The molecule has 0 aromatic carbocycles. The highest BCUT2D eigenvalue weighted by Crippen LogP contribution is 2.18. The number of aromatic nitrogens is 2. The summed E-state index contributed by atoms with van der Waals surface area (Å²) in [5.41, 5.74) is 1.10. The summed E-state index contributed by atoms with van der Waals surface area (Å²) >= 11 is 0. The van der Waals surface area contributed by atoms with Crippen LogP contribution in [0.4, 0.5) is 11.8 Å². The summed E-state index contributed by atoms with van der Waals surface area (Å²) in [7, 11) is 0. The second-order valence-electron chi connectivity index (χ2n) is 5.46. The van der Waals surface area contributed by atoms with Crippen LogP contribution >= 0.6 is 0 Å². The fourth-order valence-corrected chi connectivity index (χ4v) is 2.70. The van der Waals surface area contributed by atoms with Crippen LogP contribution in [0.15, 0.2) is 6.20 Å². The van der Waals surface area contributed by atoms with E-state index in [0.29, 0.717) is 6.04 Å². The van der Waals surface area contributed by atoms with Crippen molar-refractivity contribution in [1.29, 1.82) is 0 Å². The minimum Gasteiger partial charge on any atom is -0.368 e. The molecule has 1 unspecified atom stereocenters. The van der Waals surface area contributed by atoms with Crippen molar-refractivity contribution in [3.8, 4) is 0 Å². The smallest absolute Gasteiger partial charge is 0.224 e. The molecule has 0 radical (unpaired) electrons. The first-order valence-electron chi connectivity index (χ1n) is 7.80. The van der Waals surface area contributed by atoms with Crippen LogP contribution in [-0.2, 0) is 0 Å². The van der Waals surface area contributed by atoms with Gasteiger partial charge in [0, 0.05) is 30.9 Å². The van der Waals surface area contributed by atoms with E-state index in [2.05, 4.69) is 46.3 Å². The Morgan fingerprint density at radius 1 is 1.35 bits per heavy atom. The van der Waals surface area contributed by atoms with Gasteiger partial charge in [0.2, 0.25) is 5.95 Å². The molecule has 1 aliphatic rings. The van der Waals surface area contributed by atoms with E-state index in [-0.39, 0.29) is 0 Å². The minimum absolute atomic E-state index is 0.640. The number of hydrogen-bond acceptors (Lipinski definition) is 5. The summed E-state index contributed by atoms with van der Waals surface area (Å²) in [6.07, 6.45) is 5.56. The number of likely N-dealkylation sites (tertiary alicyclic amines) is 1. The van der Waals surface area contributed by atoms with Crippen molar-refractivity contribution in [2.45, 2.75) is 46.1 Å². The average molecular weight is 277 g/mol. The first-order chi connectivity index (χ1) is 9.74. The summed E-state index contributed by atoms with van der Waals surface area (Å²) in [6, 6.07) is 0.640. The minimum atomic E-state index is 0.640. The van der Waals surface area contributed by atoms with Gasteiger partial charge in [-0.1, -0.05) is 13.8 Å². The van der Waals surface area contributed by atoms with Crippen LogP contribution in [0.2, 0.25) is 0 Å². The van der Waals surface area contributed by atoms with E-state index >= 15 is 0 Å². The second-order valence-corrected chi connectivity index (χ2v) is 5.46. The van der Waals surface area contributed by atoms with Crippen LogP contribution in [-0.4, -0.2) is 47.1 Å². The van der Waals surface area contributed by atoms with Gasteiger partial charge in [-0.3, -0.25) is 4.90 Å². The van der Waals surface area contributed by atoms with Crippen LogP contribution in [0.25, 0.3) is 0 Å². The van der Waals surface area contributed by atoms with Crippen LogP contribution in [0.3, 0.4) is 0 Å². The molecular weight excluding hydrogens is 250 g/mol. The summed E-state index contributed by atoms with van der Waals surface area (Å²) in [4.78, 5) is 11.4. The van der Waals surface area contributed by atoms with Crippen molar-refractivity contribution < 1.29 is 0 Å². The molecular formula is C15H27N5. The SMILES string of the molecule is CCCNc1ncc(C)c(NCC2CCCN2CC)n1. The molecule has 20 heavy (non-hydrogen) atoms. The molecule has 0 aliphatic carbocycles. The summed E-state index contributed by atoms with van der Waals surface area (Å²) in [5, 5.41) is 6.74. The van der Waals surface area contributed by atoms with Crippen LogP contribution in [0.1, 0.15) is 38.7 Å². The maximum atomic E-state index is 4.57. The van der Waals surface area contributed by atoms with Crippen LogP contribution in [0.5, 0.6) is 0 Å². The third-order valence-corrected chi connectivity index (χ3v) is 3.92. The van der Waals surface area contributed by atoms with Gasteiger partial charge in [-0.25, -0.2) is 4.98 Å². The standard InChI is InChI=1S/C15H27N5/c1-4-8-16-15-18-10-12(3)14(19-15)17-11-13-7-6-9-20(13)5-2/h10,13H,4-9,11H2,1-3H3,(H2,16,17,18,19). The molecule has 1 atom stereocenters. The Morgan fingerprint density at radius 2 is 2.20 bits per heavy atom. The molecule has 112 valence electrons. The Morgan fingerprint density at radius 3 is 2.95 bits per heavy atom. The monoisotopic (exact) mass is 277 g/mol. The lowest BCUT2D eigenvalue weighted by molar-refractivity contribution is 0.277. The van der Waals surface area contributed by atoms with E-state index in [1.165, 1.54) is 19.4 Å². The lowest BCUT2D eigenvalue weighted by atomic mass is 10.2. The highest BCUT2D eigenvalue weighted by molar-refractivity contribution is 5.46. The zero-order chi connectivity index (χ0) is 14.4. The highest BCUT2D eigenvalue weighted by Gasteiger charge is 2.22. The van der Waals surface area contributed by atoms with Crippen molar-refractivity contribution in [3.05, 3.63) is 11.8 Å². The molecule has 0 amide bonds. The van der Waals surface area contributed by atoms with Gasteiger partial charge in [-0.05, 0) is 39.3 Å². The van der Waals surface area contributed by atoms with Crippen molar-refractivity contribution in [2.24, 2.45) is 0 Å². The van der Waals surface area contributed by atoms with E-state index in [4.69, 9.17) is 0 Å². The van der Waals surface area contributed by atoms with Crippen molar-refractivity contribution in [3.63, 3.8) is 0 Å².